The molecule has 4 nitrogen and oxygen atoms in total. The van der Waals surface area contributed by atoms with E-state index < -0.39 is 0 Å². The third-order valence-corrected chi connectivity index (χ3v) is 3.33. The number of rotatable bonds is 6. The van der Waals surface area contributed by atoms with Crippen LogP contribution in [0.5, 0.6) is 0 Å². The summed E-state index contributed by atoms with van der Waals surface area (Å²) in [7, 11) is 0. The van der Waals surface area contributed by atoms with Crippen LogP contribution >= 0.6 is 0 Å². The number of amides is 1. The molecule has 2 rings (SSSR count). The van der Waals surface area contributed by atoms with Crippen LogP contribution in [0, 0.1) is 5.82 Å². The predicted molar refractivity (Wildman–Crippen MR) is 75.0 cm³/mol. The van der Waals surface area contributed by atoms with Crippen LogP contribution in [-0.4, -0.2) is 38.3 Å². The second kappa shape index (κ2) is 7.97. The average molecular weight is 280 g/mol. The molecule has 1 saturated heterocycles. The van der Waals surface area contributed by atoms with Crippen molar-refractivity contribution < 1.29 is 13.9 Å². The van der Waals surface area contributed by atoms with Crippen LogP contribution in [0.15, 0.2) is 24.3 Å². The summed E-state index contributed by atoms with van der Waals surface area (Å²) in [5.74, 6) is -0.163. The van der Waals surface area contributed by atoms with Crippen molar-refractivity contribution in [1.29, 1.82) is 0 Å². The molecule has 1 fully saturated rings. The predicted octanol–water partition coefficient (Wildman–Crippen LogP) is 1.25. The molecule has 0 aliphatic carbocycles. The number of nitrogens with one attached hydrogen (secondary N) is 2. The van der Waals surface area contributed by atoms with Crippen molar-refractivity contribution in [3.63, 3.8) is 0 Å². The Balaban J connectivity index is 1.60. The Bertz CT molecular complexity index is 434. The fourth-order valence-electron chi connectivity index (χ4n) is 2.25. The minimum absolute atomic E-state index is 0.0153. The van der Waals surface area contributed by atoms with Crippen molar-refractivity contribution >= 4 is 5.91 Å². The van der Waals surface area contributed by atoms with Crippen molar-refractivity contribution in [1.82, 2.24) is 10.6 Å². The largest absolute Gasteiger partial charge is 0.378 e. The monoisotopic (exact) mass is 280 g/mol. The van der Waals surface area contributed by atoms with Crippen molar-refractivity contribution in [2.45, 2.75) is 25.3 Å². The molecular formula is C15H21FN2O2. The minimum atomic E-state index is -0.178. The summed E-state index contributed by atoms with van der Waals surface area (Å²) < 4.78 is 18.7. The summed E-state index contributed by atoms with van der Waals surface area (Å²) in [6.45, 7) is 2.66. The lowest BCUT2D eigenvalue weighted by Gasteiger charge is -2.23. The Labute approximate surface area is 118 Å². The molecule has 1 atom stereocenters. The van der Waals surface area contributed by atoms with Gasteiger partial charge in [0, 0.05) is 25.6 Å². The van der Waals surface area contributed by atoms with Crippen molar-refractivity contribution in [3.05, 3.63) is 35.6 Å². The van der Waals surface area contributed by atoms with E-state index in [4.69, 9.17) is 4.74 Å². The van der Waals surface area contributed by atoms with Gasteiger partial charge in [0.05, 0.1) is 13.2 Å². The molecule has 2 N–H and O–H groups in total. The Morgan fingerprint density at radius 3 is 3.05 bits per heavy atom. The van der Waals surface area contributed by atoms with Crippen LogP contribution < -0.4 is 10.6 Å². The zero-order chi connectivity index (χ0) is 14.2. The third-order valence-electron chi connectivity index (χ3n) is 3.33. The number of carbonyl (C=O) groups is 1. The van der Waals surface area contributed by atoms with Crippen molar-refractivity contribution in [2.75, 3.05) is 26.3 Å². The first kappa shape index (κ1) is 14.9. The zero-order valence-electron chi connectivity index (χ0n) is 11.5. The molecule has 1 aromatic carbocycles. The minimum Gasteiger partial charge on any atom is -0.378 e. The molecule has 0 bridgehead atoms. The van der Waals surface area contributed by atoms with E-state index in [1.165, 1.54) is 6.07 Å². The number of aryl methyl sites for hydroxylation is 1. The van der Waals surface area contributed by atoms with Crippen LogP contribution in [0.3, 0.4) is 0 Å². The molecule has 0 radical (unpaired) electrons. The topological polar surface area (TPSA) is 50.4 Å². The van der Waals surface area contributed by atoms with Crippen LogP contribution in [0.4, 0.5) is 4.39 Å². The number of benzene rings is 1. The van der Waals surface area contributed by atoms with Crippen molar-refractivity contribution in [3.8, 4) is 0 Å². The lowest BCUT2D eigenvalue weighted by Crippen LogP contribution is -2.44. The third kappa shape index (κ3) is 4.90. The van der Waals surface area contributed by atoms with Gasteiger partial charge < -0.3 is 15.4 Å². The Morgan fingerprint density at radius 2 is 2.30 bits per heavy atom. The summed E-state index contributed by atoms with van der Waals surface area (Å²) in [6.07, 6.45) is 1.80. The number of hydrogen-bond donors (Lipinski definition) is 2. The summed E-state index contributed by atoms with van der Waals surface area (Å²) >= 11 is 0. The molecule has 0 spiro atoms. The maximum absolute atomic E-state index is 13.4. The van der Waals surface area contributed by atoms with Gasteiger partial charge >= 0.3 is 0 Å². The number of halogens is 1. The van der Waals surface area contributed by atoms with Gasteiger partial charge in [0.15, 0.2) is 0 Å². The molecule has 1 aliphatic rings. The van der Waals surface area contributed by atoms with Crippen molar-refractivity contribution in [2.24, 2.45) is 0 Å². The second-order valence-corrected chi connectivity index (χ2v) is 4.98. The fourth-order valence-corrected chi connectivity index (χ4v) is 2.25. The molecule has 1 aromatic rings. The van der Waals surface area contributed by atoms with Crippen LogP contribution in [-0.2, 0) is 16.0 Å². The maximum Gasteiger partial charge on any atom is 0.221 e. The zero-order valence-corrected chi connectivity index (χ0v) is 11.5. The lowest BCUT2D eigenvalue weighted by molar-refractivity contribution is -0.122. The van der Waals surface area contributed by atoms with Gasteiger partial charge in [-0.3, -0.25) is 4.79 Å². The number of carbonyl (C=O) groups excluding carboxylic acids is 1. The SMILES string of the molecule is O=C(C[C@H]1COCCN1)NCCCc1ccccc1F. The summed E-state index contributed by atoms with van der Waals surface area (Å²) in [5.41, 5.74) is 0.698. The highest BCUT2D eigenvalue weighted by atomic mass is 19.1. The van der Waals surface area contributed by atoms with E-state index in [1.807, 2.05) is 6.07 Å². The van der Waals surface area contributed by atoms with Gasteiger partial charge in [-0.1, -0.05) is 18.2 Å². The van der Waals surface area contributed by atoms with E-state index in [-0.39, 0.29) is 17.8 Å². The first-order valence-corrected chi connectivity index (χ1v) is 7.07. The van der Waals surface area contributed by atoms with E-state index in [0.717, 1.165) is 13.0 Å². The molecule has 5 heteroatoms. The van der Waals surface area contributed by atoms with Crippen LogP contribution in [0.1, 0.15) is 18.4 Å². The van der Waals surface area contributed by atoms with Gasteiger partial charge in [-0.15, -0.1) is 0 Å². The second-order valence-electron chi connectivity index (χ2n) is 4.98. The maximum atomic E-state index is 13.4. The Hall–Kier alpha value is -1.46. The van der Waals surface area contributed by atoms with E-state index in [9.17, 15) is 9.18 Å². The average Bonchev–Trinajstić information content (AvgIpc) is 2.46. The normalized spacial score (nSPS) is 18.8. The summed E-state index contributed by atoms with van der Waals surface area (Å²) in [6, 6.07) is 6.85. The molecule has 1 heterocycles. The number of morpholine rings is 1. The highest BCUT2D eigenvalue weighted by molar-refractivity contribution is 5.76. The van der Waals surface area contributed by atoms with Crippen LogP contribution in [0.2, 0.25) is 0 Å². The first-order valence-electron chi connectivity index (χ1n) is 7.07. The lowest BCUT2D eigenvalue weighted by atomic mass is 10.1. The van der Waals surface area contributed by atoms with Gasteiger partial charge in [0.2, 0.25) is 5.91 Å². The van der Waals surface area contributed by atoms with E-state index in [2.05, 4.69) is 10.6 Å². The molecule has 0 saturated carbocycles. The first-order chi connectivity index (χ1) is 9.75. The Kier molecular flexibility index (Phi) is 5.95. The smallest absolute Gasteiger partial charge is 0.221 e. The van der Waals surface area contributed by atoms with Gasteiger partial charge in [-0.05, 0) is 24.5 Å². The molecule has 0 aromatic heterocycles. The quantitative estimate of drug-likeness (QED) is 0.771. The fraction of sp³-hybridized carbons (Fsp3) is 0.533. The van der Waals surface area contributed by atoms with Gasteiger partial charge in [-0.2, -0.15) is 0 Å². The standard InChI is InChI=1S/C15H21FN2O2/c16-14-6-2-1-4-12(14)5-3-7-18-15(19)10-13-11-20-9-8-17-13/h1-2,4,6,13,17H,3,5,7-11H2,(H,18,19)/t13-/m0/s1. The van der Waals surface area contributed by atoms with E-state index >= 15 is 0 Å². The number of hydrogen-bond acceptors (Lipinski definition) is 3. The van der Waals surface area contributed by atoms with Crippen LogP contribution in [0.25, 0.3) is 0 Å². The highest BCUT2D eigenvalue weighted by Crippen LogP contribution is 2.08. The molecule has 1 amide bonds. The molecular weight excluding hydrogens is 259 g/mol. The Morgan fingerprint density at radius 1 is 1.45 bits per heavy atom. The molecule has 0 unspecified atom stereocenters. The van der Waals surface area contributed by atoms with Gasteiger partial charge in [0.1, 0.15) is 5.82 Å². The van der Waals surface area contributed by atoms with E-state index in [0.29, 0.717) is 38.2 Å². The summed E-state index contributed by atoms with van der Waals surface area (Å²) in [4.78, 5) is 11.7. The molecule has 20 heavy (non-hydrogen) atoms. The number of ether oxygens (including phenoxy) is 1. The molecule has 1 aliphatic heterocycles. The summed E-state index contributed by atoms with van der Waals surface area (Å²) in [5, 5.41) is 6.10. The van der Waals surface area contributed by atoms with E-state index in [1.54, 1.807) is 12.1 Å². The van der Waals surface area contributed by atoms with Gasteiger partial charge in [0.25, 0.3) is 0 Å². The van der Waals surface area contributed by atoms with Gasteiger partial charge in [-0.25, -0.2) is 4.39 Å². The highest BCUT2D eigenvalue weighted by Gasteiger charge is 2.16. The molecule has 110 valence electrons.